The van der Waals surface area contributed by atoms with Crippen molar-refractivity contribution >= 4 is 0 Å². The van der Waals surface area contributed by atoms with Gasteiger partial charge >= 0.3 is 0 Å². The fourth-order valence-corrected chi connectivity index (χ4v) is 1.55. The lowest BCUT2D eigenvalue weighted by Crippen LogP contribution is -2.36. The van der Waals surface area contributed by atoms with E-state index in [9.17, 15) is 0 Å². The molecule has 0 aromatic rings. The molecular formula is C15H35NO5. The summed E-state index contributed by atoms with van der Waals surface area (Å²) in [5.41, 5.74) is 5.20. The molecular weight excluding hydrogens is 274 g/mol. The lowest BCUT2D eigenvalue weighted by molar-refractivity contribution is -0.0942. The zero-order valence-corrected chi connectivity index (χ0v) is 13.9. The summed E-state index contributed by atoms with van der Waals surface area (Å²) in [5, 5.41) is 17.7. The monoisotopic (exact) mass is 309 g/mol. The first-order valence-electron chi connectivity index (χ1n) is 8.02. The Morgan fingerprint density at radius 3 is 2.19 bits per heavy atom. The van der Waals surface area contributed by atoms with Crippen molar-refractivity contribution in [3.8, 4) is 0 Å². The first kappa shape index (κ1) is 23.0. The third-order valence-corrected chi connectivity index (χ3v) is 2.57. The van der Waals surface area contributed by atoms with Crippen molar-refractivity contribution in [1.29, 1.82) is 0 Å². The molecule has 1 heterocycles. The molecule has 0 saturated carbocycles. The summed E-state index contributed by atoms with van der Waals surface area (Å²) in [7, 11) is 0. The second-order valence-electron chi connectivity index (χ2n) is 4.31. The maximum Gasteiger partial charge on any atom is 0.106 e. The number of aliphatic hydroxyl groups excluding tert-OH is 2. The molecule has 0 aromatic carbocycles. The van der Waals surface area contributed by atoms with Gasteiger partial charge in [0.15, 0.2) is 0 Å². The lowest BCUT2D eigenvalue weighted by atomic mass is 10.1. The standard InChI is InChI=1S/C7H17NO2.C6H12O3.C2H6/c1-2-4-9-6-7-10-5-3-8;7-4-6-5(8)2-1-3-9-6;1-2/h2-8H2,1H3;5-8H,1-4H2;1-2H3. The Bertz CT molecular complexity index is 175. The van der Waals surface area contributed by atoms with Crippen LogP contribution in [0.1, 0.15) is 40.0 Å². The van der Waals surface area contributed by atoms with Crippen LogP contribution in [0.3, 0.4) is 0 Å². The van der Waals surface area contributed by atoms with Crippen LogP contribution in [-0.2, 0) is 14.2 Å². The summed E-state index contributed by atoms with van der Waals surface area (Å²) in [6.07, 6.45) is 1.93. The predicted molar refractivity (Wildman–Crippen MR) is 84.4 cm³/mol. The van der Waals surface area contributed by atoms with Crippen LogP contribution in [0.2, 0.25) is 0 Å². The van der Waals surface area contributed by atoms with E-state index in [0.29, 0.717) is 33.0 Å². The zero-order valence-electron chi connectivity index (χ0n) is 13.9. The van der Waals surface area contributed by atoms with Crippen LogP contribution < -0.4 is 5.73 Å². The van der Waals surface area contributed by atoms with Crippen LogP contribution in [0.4, 0.5) is 0 Å². The first-order chi connectivity index (χ1) is 10.3. The van der Waals surface area contributed by atoms with Crippen molar-refractivity contribution in [3.63, 3.8) is 0 Å². The third kappa shape index (κ3) is 16.0. The average Bonchev–Trinajstić information content (AvgIpc) is 2.54. The molecule has 1 aliphatic rings. The van der Waals surface area contributed by atoms with Crippen molar-refractivity contribution in [2.45, 2.75) is 52.2 Å². The second-order valence-corrected chi connectivity index (χ2v) is 4.31. The molecule has 2 unspecified atom stereocenters. The summed E-state index contributed by atoms with van der Waals surface area (Å²) >= 11 is 0. The molecule has 1 saturated heterocycles. The highest BCUT2D eigenvalue weighted by Crippen LogP contribution is 2.12. The summed E-state index contributed by atoms with van der Waals surface area (Å²) in [6, 6.07) is 0. The van der Waals surface area contributed by atoms with E-state index in [4.69, 9.17) is 30.2 Å². The fraction of sp³-hybridized carbons (Fsp3) is 1.00. The van der Waals surface area contributed by atoms with Crippen LogP contribution in [0.15, 0.2) is 0 Å². The van der Waals surface area contributed by atoms with Crippen LogP contribution >= 0.6 is 0 Å². The van der Waals surface area contributed by atoms with E-state index in [1.54, 1.807) is 0 Å². The van der Waals surface area contributed by atoms with E-state index in [0.717, 1.165) is 25.9 Å². The minimum absolute atomic E-state index is 0.0683. The minimum Gasteiger partial charge on any atom is -0.394 e. The summed E-state index contributed by atoms with van der Waals surface area (Å²) in [4.78, 5) is 0. The van der Waals surface area contributed by atoms with Crippen molar-refractivity contribution < 1.29 is 24.4 Å². The molecule has 6 heteroatoms. The van der Waals surface area contributed by atoms with Crippen molar-refractivity contribution in [2.75, 3.05) is 46.2 Å². The van der Waals surface area contributed by atoms with Crippen molar-refractivity contribution in [3.05, 3.63) is 0 Å². The highest BCUT2D eigenvalue weighted by atomic mass is 16.5. The van der Waals surface area contributed by atoms with Gasteiger partial charge in [-0.2, -0.15) is 0 Å². The number of nitrogens with two attached hydrogens (primary N) is 1. The molecule has 0 aromatic heterocycles. The van der Waals surface area contributed by atoms with E-state index < -0.39 is 6.10 Å². The van der Waals surface area contributed by atoms with Gasteiger partial charge in [0.1, 0.15) is 6.10 Å². The third-order valence-electron chi connectivity index (χ3n) is 2.57. The van der Waals surface area contributed by atoms with Crippen molar-refractivity contribution in [2.24, 2.45) is 5.73 Å². The summed E-state index contributed by atoms with van der Waals surface area (Å²) in [5.74, 6) is 0. The van der Waals surface area contributed by atoms with Crippen molar-refractivity contribution in [1.82, 2.24) is 0 Å². The Kier molecular flexibility index (Phi) is 21.7. The molecule has 0 amide bonds. The molecule has 2 atom stereocenters. The van der Waals surface area contributed by atoms with E-state index in [1.165, 1.54) is 0 Å². The molecule has 21 heavy (non-hydrogen) atoms. The van der Waals surface area contributed by atoms with E-state index >= 15 is 0 Å². The van der Waals surface area contributed by atoms with Crippen LogP contribution in [0.5, 0.6) is 0 Å². The molecule has 1 rings (SSSR count). The van der Waals surface area contributed by atoms with E-state index in [-0.39, 0.29) is 12.7 Å². The number of hydrogen-bond donors (Lipinski definition) is 3. The van der Waals surface area contributed by atoms with Gasteiger partial charge in [0, 0.05) is 19.8 Å². The largest absolute Gasteiger partial charge is 0.394 e. The maximum atomic E-state index is 9.08. The molecule has 130 valence electrons. The van der Waals surface area contributed by atoms with Crippen LogP contribution in [0.25, 0.3) is 0 Å². The molecule has 0 aliphatic carbocycles. The zero-order chi connectivity index (χ0) is 16.3. The number of aliphatic hydroxyl groups is 2. The molecule has 0 radical (unpaired) electrons. The smallest absolute Gasteiger partial charge is 0.106 e. The van der Waals surface area contributed by atoms with Gasteiger partial charge in [0.05, 0.1) is 32.5 Å². The minimum atomic E-state index is -0.455. The van der Waals surface area contributed by atoms with Gasteiger partial charge in [-0.3, -0.25) is 0 Å². The molecule has 6 nitrogen and oxygen atoms in total. The Balaban J connectivity index is 0. The Morgan fingerprint density at radius 1 is 1.14 bits per heavy atom. The van der Waals surface area contributed by atoms with Gasteiger partial charge in [0.25, 0.3) is 0 Å². The molecule has 1 fully saturated rings. The first-order valence-corrected chi connectivity index (χ1v) is 8.02. The van der Waals surface area contributed by atoms with E-state index in [2.05, 4.69) is 6.92 Å². The second kappa shape index (κ2) is 19.8. The number of ether oxygens (including phenoxy) is 3. The van der Waals surface area contributed by atoms with Gasteiger partial charge in [-0.15, -0.1) is 0 Å². The van der Waals surface area contributed by atoms with Crippen LogP contribution in [0, 0.1) is 0 Å². The summed E-state index contributed by atoms with van der Waals surface area (Å²) < 4.78 is 15.3. The van der Waals surface area contributed by atoms with Crippen LogP contribution in [-0.4, -0.2) is 68.6 Å². The molecule has 1 aliphatic heterocycles. The summed E-state index contributed by atoms with van der Waals surface area (Å²) in [6.45, 7) is 10.1. The average molecular weight is 309 g/mol. The highest BCUT2D eigenvalue weighted by molar-refractivity contribution is 4.71. The number of hydrogen-bond acceptors (Lipinski definition) is 6. The Labute approximate surface area is 129 Å². The molecule has 0 bridgehead atoms. The lowest BCUT2D eigenvalue weighted by Gasteiger charge is -2.25. The van der Waals surface area contributed by atoms with Gasteiger partial charge in [-0.05, 0) is 19.3 Å². The molecule has 4 N–H and O–H groups in total. The van der Waals surface area contributed by atoms with E-state index in [1.807, 2.05) is 13.8 Å². The molecule has 0 spiro atoms. The maximum absolute atomic E-state index is 9.08. The van der Waals surface area contributed by atoms with Gasteiger partial charge in [-0.1, -0.05) is 20.8 Å². The van der Waals surface area contributed by atoms with Gasteiger partial charge in [-0.25, -0.2) is 0 Å². The topological polar surface area (TPSA) is 94.2 Å². The van der Waals surface area contributed by atoms with Gasteiger partial charge in [0.2, 0.25) is 0 Å². The predicted octanol–water partition coefficient (Wildman–Crippen LogP) is 0.933. The highest BCUT2D eigenvalue weighted by Gasteiger charge is 2.22. The quantitative estimate of drug-likeness (QED) is 0.578. The fourth-order valence-electron chi connectivity index (χ4n) is 1.55. The van der Waals surface area contributed by atoms with Gasteiger partial charge < -0.3 is 30.2 Å². The number of rotatable bonds is 8. The normalized spacial score (nSPS) is 20.9. The Morgan fingerprint density at radius 2 is 1.76 bits per heavy atom. The Hall–Kier alpha value is -0.240. The SMILES string of the molecule is CC.CCCOCCOCCN.OCC1OCCCC1O.